The topological polar surface area (TPSA) is 36.2 Å². The number of hydrogen-bond donors (Lipinski definition) is 1. The Labute approximate surface area is 67.5 Å². The lowest BCUT2D eigenvalue weighted by Crippen LogP contribution is -2.22. The van der Waals surface area contributed by atoms with Gasteiger partial charge in [0.1, 0.15) is 5.84 Å². The maximum Gasteiger partial charge on any atom is 0.143 e. The fourth-order valence-corrected chi connectivity index (χ4v) is 0.960. The van der Waals surface area contributed by atoms with Gasteiger partial charge >= 0.3 is 0 Å². The molecule has 11 heavy (non-hydrogen) atoms. The Morgan fingerprint density at radius 2 is 2.09 bits per heavy atom. The second-order valence-electron chi connectivity index (χ2n) is 3.91. The normalized spacial score (nSPS) is 24.3. The molecule has 1 N–H and O–H groups in total. The largest absolute Gasteiger partial charge is 0.283 e. The van der Waals surface area contributed by atoms with Gasteiger partial charge in [0, 0.05) is 12.1 Å². The second kappa shape index (κ2) is 2.61. The number of allylic oxidation sites excluding steroid dienone is 1. The van der Waals surface area contributed by atoms with Crippen LogP contribution in [0.25, 0.3) is 0 Å². The minimum absolute atomic E-state index is 0.223. The van der Waals surface area contributed by atoms with Crippen molar-refractivity contribution in [3.8, 4) is 0 Å². The van der Waals surface area contributed by atoms with Gasteiger partial charge in [-0.15, -0.1) is 0 Å². The molecule has 1 aliphatic heterocycles. The summed E-state index contributed by atoms with van der Waals surface area (Å²) in [5, 5.41) is 7.20. The molecule has 2 nitrogen and oxygen atoms in total. The third-order valence-electron chi connectivity index (χ3n) is 1.84. The van der Waals surface area contributed by atoms with Crippen molar-refractivity contribution in [1.82, 2.24) is 0 Å². The number of hydrogen-bond acceptors (Lipinski definition) is 1. The summed E-state index contributed by atoms with van der Waals surface area (Å²) in [7, 11) is 0. The molecule has 0 saturated heterocycles. The summed E-state index contributed by atoms with van der Waals surface area (Å²) in [6.45, 7) is 6.51. The maximum absolute atomic E-state index is 7.20. The van der Waals surface area contributed by atoms with Gasteiger partial charge in [-0.25, -0.2) is 4.99 Å². The molecule has 1 heterocycles. The number of nitrogens with zero attached hydrogens (tertiary/aromatic N) is 1. The highest BCUT2D eigenvalue weighted by molar-refractivity contribution is 5.98. The molecule has 2 heteroatoms. The number of amidine groups is 1. The van der Waals surface area contributed by atoms with E-state index in [9.17, 15) is 0 Å². The predicted molar refractivity (Wildman–Crippen MR) is 48.3 cm³/mol. The van der Waals surface area contributed by atoms with Crippen LogP contribution in [0.1, 0.15) is 20.8 Å². The zero-order valence-electron chi connectivity index (χ0n) is 7.26. The van der Waals surface area contributed by atoms with E-state index in [0.29, 0.717) is 11.8 Å². The van der Waals surface area contributed by atoms with Gasteiger partial charge in [-0.1, -0.05) is 26.8 Å². The van der Waals surface area contributed by atoms with Gasteiger partial charge in [0.2, 0.25) is 0 Å². The highest BCUT2D eigenvalue weighted by atomic mass is 14.8. The lowest BCUT2D eigenvalue weighted by atomic mass is 9.81. The van der Waals surface area contributed by atoms with Crippen LogP contribution in [0.4, 0.5) is 0 Å². The van der Waals surface area contributed by atoms with E-state index < -0.39 is 0 Å². The Balaban J connectivity index is 2.73. The molecule has 0 amide bonds. The molecule has 0 aliphatic carbocycles. The van der Waals surface area contributed by atoms with E-state index in [1.54, 1.807) is 6.08 Å². The van der Waals surface area contributed by atoms with Crippen molar-refractivity contribution >= 4 is 12.1 Å². The fraction of sp³-hybridized carbons (Fsp3) is 0.556. The predicted octanol–water partition coefficient (Wildman–Crippen LogP) is 2.27. The lowest BCUT2D eigenvalue weighted by Gasteiger charge is -2.25. The zero-order valence-corrected chi connectivity index (χ0v) is 7.26. The third-order valence-corrected chi connectivity index (χ3v) is 1.84. The minimum Gasteiger partial charge on any atom is -0.283 e. The maximum atomic E-state index is 7.20. The van der Waals surface area contributed by atoms with Crippen LogP contribution >= 0.6 is 0 Å². The van der Waals surface area contributed by atoms with Crippen molar-refractivity contribution in [3.63, 3.8) is 0 Å². The fourth-order valence-electron chi connectivity index (χ4n) is 0.960. The van der Waals surface area contributed by atoms with E-state index >= 15 is 0 Å². The average molecular weight is 150 g/mol. The molecule has 0 spiro atoms. The van der Waals surface area contributed by atoms with Crippen molar-refractivity contribution in [2.24, 2.45) is 16.3 Å². The Morgan fingerprint density at radius 1 is 1.45 bits per heavy atom. The number of rotatable bonds is 0. The molecule has 0 saturated carbocycles. The van der Waals surface area contributed by atoms with Gasteiger partial charge in [0.25, 0.3) is 0 Å². The first kappa shape index (κ1) is 8.18. The number of aliphatic imine (C=N–C) groups is 1. The molecule has 60 valence electrons. The third kappa shape index (κ3) is 2.00. The summed E-state index contributed by atoms with van der Waals surface area (Å²) in [4.78, 5) is 3.95. The van der Waals surface area contributed by atoms with Gasteiger partial charge in [-0.2, -0.15) is 0 Å². The summed E-state index contributed by atoms with van der Waals surface area (Å²) in [6.07, 6.45) is 5.65. The molecule has 1 unspecified atom stereocenters. The first-order valence-electron chi connectivity index (χ1n) is 3.81. The summed E-state index contributed by atoms with van der Waals surface area (Å²) in [6, 6.07) is 0. The van der Waals surface area contributed by atoms with Crippen molar-refractivity contribution in [1.29, 1.82) is 5.41 Å². The van der Waals surface area contributed by atoms with E-state index in [2.05, 4.69) is 25.8 Å². The quantitative estimate of drug-likeness (QED) is 0.550. The molecule has 0 aromatic rings. The van der Waals surface area contributed by atoms with Crippen LogP contribution in [0.2, 0.25) is 0 Å². The highest BCUT2D eigenvalue weighted by Gasteiger charge is 2.21. The van der Waals surface area contributed by atoms with Gasteiger partial charge in [0.05, 0.1) is 0 Å². The van der Waals surface area contributed by atoms with Crippen LogP contribution in [0.15, 0.2) is 17.1 Å². The highest BCUT2D eigenvalue weighted by Crippen LogP contribution is 2.26. The molecule has 0 aromatic carbocycles. The smallest absolute Gasteiger partial charge is 0.143 e. The molecule has 1 atom stereocenters. The molecule has 1 aliphatic rings. The van der Waals surface area contributed by atoms with Crippen LogP contribution < -0.4 is 0 Å². The van der Waals surface area contributed by atoms with Gasteiger partial charge < -0.3 is 0 Å². The summed E-state index contributed by atoms with van der Waals surface area (Å²) in [5.41, 5.74) is 0.223. The summed E-state index contributed by atoms with van der Waals surface area (Å²) >= 11 is 0. The van der Waals surface area contributed by atoms with Crippen LogP contribution in [0.3, 0.4) is 0 Å². The van der Waals surface area contributed by atoms with E-state index in [-0.39, 0.29) is 5.41 Å². The summed E-state index contributed by atoms with van der Waals surface area (Å²) in [5.74, 6) is 0.724. The van der Waals surface area contributed by atoms with Gasteiger partial charge in [0.15, 0.2) is 0 Å². The second-order valence-corrected chi connectivity index (χ2v) is 3.91. The molecular weight excluding hydrogens is 136 g/mol. The average Bonchev–Trinajstić information content (AvgIpc) is 1.86. The SMILES string of the molecule is CC(C)(C)C1C=CC(=N)N=C1. The van der Waals surface area contributed by atoms with E-state index in [4.69, 9.17) is 5.41 Å². The Hall–Kier alpha value is -0.920. The molecule has 1 rings (SSSR count). The van der Waals surface area contributed by atoms with Crippen LogP contribution in [-0.2, 0) is 0 Å². The van der Waals surface area contributed by atoms with Crippen molar-refractivity contribution in [2.45, 2.75) is 20.8 Å². The number of nitrogens with one attached hydrogen (secondary N) is 1. The minimum atomic E-state index is 0.223. The first-order chi connectivity index (χ1) is 5.00. The standard InChI is InChI=1S/C9H14N2/c1-9(2,3)7-4-5-8(10)11-6-7/h4-7,10H,1-3H3. The van der Waals surface area contributed by atoms with E-state index in [1.807, 2.05) is 12.3 Å². The Morgan fingerprint density at radius 3 is 2.45 bits per heavy atom. The molecule has 0 bridgehead atoms. The monoisotopic (exact) mass is 150 g/mol. The molecular formula is C9H14N2. The molecule has 0 fully saturated rings. The van der Waals surface area contributed by atoms with Crippen LogP contribution in [0, 0.1) is 16.7 Å². The Kier molecular flexibility index (Phi) is 1.94. The molecule has 0 radical (unpaired) electrons. The van der Waals surface area contributed by atoms with Crippen LogP contribution in [-0.4, -0.2) is 12.1 Å². The van der Waals surface area contributed by atoms with Gasteiger partial charge in [-0.05, 0) is 11.5 Å². The first-order valence-corrected chi connectivity index (χ1v) is 3.81. The summed E-state index contributed by atoms with van der Waals surface area (Å²) < 4.78 is 0. The van der Waals surface area contributed by atoms with Crippen molar-refractivity contribution in [2.75, 3.05) is 0 Å². The lowest BCUT2D eigenvalue weighted by molar-refractivity contribution is 0.365. The van der Waals surface area contributed by atoms with Gasteiger partial charge in [-0.3, -0.25) is 5.41 Å². The zero-order chi connectivity index (χ0) is 8.48. The van der Waals surface area contributed by atoms with Crippen LogP contribution in [0.5, 0.6) is 0 Å². The molecule has 0 aromatic heterocycles. The van der Waals surface area contributed by atoms with Crippen molar-refractivity contribution in [3.05, 3.63) is 12.2 Å². The van der Waals surface area contributed by atoms with E-state index in [0.717, 1.165) is 0 Å². The van der Waals surface area contributed by atoms with Crippen molar-refractivity contribution < 1.29 is 0 Å². The van der Waals surface area contributed by atoms with E-state index in [1.165, 1.54) is 0 Å². The number of dihydropyridines is 1. The Bertz CT molecular complexity index is 202.